The van der Waals surface area contributed by atoms with Crippen LogP contribution in [0.25, 0.3) is 10.8 Å². The summed E-state index contributed by atoms with van der Waals surface area (Å²) in [6.45, 7) is 6.24. The molecule has 0 aliphatic rings. The lowest BCUT2D eigenvalue weighted by atomic mass is 10.1. The molecule has 0 fully saturated rings. The molecule has 3 aromatic rings. The molecule has 0 unspecified atom stereocenters. The zero-order valence-electron chi connectivity index (χ0n) is 21.2. The molecule has 0 radical (unpaired) electrons. The predicted octanol–water partition coefficient (Wildman–Crippen LogP) is 4.08. The maximum atomic E-state index is 14.5. The van der Waals surface area contributed by atoms with Crippen molar-refractivity contribution in [2.24, 2.45) is 0 Å². The van der Waals surface area contributed by atoms with E-state index in [0.29, 0.717) is 11.1 Å². The number of amides is 2. The molecule has 7 nitrogen and oxygen atoms in total. The minimum absolute atomic E-state index is 0.197. The smallest absolute Gasteiger partial charge is 0.244 e. The highest BCUT2D eigenvalue weighted by Gasteiger charge is 2.32. The molecule has 3 aromatic carbocycles. The van der Waals surface area contributed by atoms with Gasteiger partial charge in [0.1, 0.15) is 18.4 Å². The Morgan fingerprint density at radius 1 is 0.972 bits per heavy atom. The van der Waals surface area contributed by atoms with E-state index in [1.165, 1.54) is 23.1 Å². The van der Waals surface area contributed by atoms with E-state index < -0.39 is 45.8 Å². The van der Waals surface area contributed by atoms with Crippen LogP contribution in [0.5, 0.6) is 0 Å². The third-order valence-electron chi connectivity index (χ3n) is 5.68. The van der Waals surface area contributed by atoms with Crippen molar-refractivity contribution in [3.05, 3.63) is 78.1 Å². The van der Waals surface area contributed by atoms with Crippen molar-refractivity contribution in [2.75, 3.05) is 17.1 Å². The Balaban J connectivity index is 2.01. The molecule has 192 valence electrons. The first-order valence-electron chi connectivity index (χ1n) is 11.6. The normalized spacial score (nSPS) is 12.7. The number of halogens is 1. The van der Waals surface area contributed by atoms with Gasteiger partial charge in [-0.05, 0) is 45.2 Å². The number of anilines is 1. The van der Waals surface area contributed by atoms with Gasteiger partial charge in [0, 0.05) is 23.0 Å². The summed E-state index contributed by atoms with van der Waals surface area (Å²) in [7, 11) is -3.88. The van der Waals surface area contributed by atoms with Crippen molar-refractivity contribution in [2.45, 2.75) is 45.8 Å². The van der Waals surface area contributed by atoms with Crippen LogP contribution in [0, 0.1) is 5.82 Å². The number of benzene rings is 3. The molecule has 0 bridgehead atoms. The van der Waals surface area contributed by atoms with Crippen LogP contribution in [-0.2, 0) is 26.2 Å². The fraction of sp³-hybridized carbons (Fsp3) is 0.333. The molecular weight excluding hydrogens is 481 g/mol. The van der Waals surface area contributed by atoms with E-state index in [1.54, 1.807) is 37.3 Å². The van der Waals surface area contributed by atoms with Gasteiger partial charge in [-0.1, -0.05) is 54.6 Å². The van der Waals surface area contributed by atoms with Crippen LogP contribution < -0.4 is 9.62 Å². The molecule has 1 atom stereocenters. The number of fused-ring (bicyclic) bond motifs is 1. The van der Waals surface area contributed by atoms with Crippen LogP contribution in [0.1, 0.15) is 33.3 Å². The molecule has 0 aliphatic carbocycles. The Bertz CT molecular complexity index is 1360. The molecule has 1 N–H and O–H groups in total. The summed E-state index contributed by atoms with van der Waals surface area (Å²) in [5.74, 6) is -1.58. The van der Waals surface area contributed by atoms with Crippen LogP contribution in [0.15, 0.2) is 66.7 Å². The van der Waals surface area contributed by atoms with Crippen LogP contribution in [0.2, 0.25) is 0 Å². The first kappa shape index (κ1) is 27.1. The minimum Gasteiger partial charge on any atom is -0.350 e. The van der Waals surface area contributed by atoms with Crippen LogP contribution in [0.4, 0.5) is 10.1 Å². The number of carbonyl (C=O) groups is 2. The highest BCUT2D eigenvalue weighted by Crippen LogP contribution is 2.28. The van der Waals surface area contributed by atoms with Gasteiger partial charge in [0.2, 0.25) is 21.8 Å². The second kappa shape index (κ2) is 10.7. The van der Waals surface area contributed by atoms with Gasteiger partial charge in [-0.2, -0.15) is 0 Å². The highest BCUT2D eigenvalue weighted by atomic mass is 32.2. The first-order valence-corrected chi connectivity index (χ1v) is 13.4. The van der Waals surface area contributed by atoms with Gasteiger partial charge in [0.25, 0.3) is 0 Å². The number of nitrogens with one attached hydrogen (secondary N) is 1. The summed E-state index contributed by atoms with van der Waals surface area (Å²) in [4.78, 5) is 27.8. The van der Waals surface area contributed by atoms with E-state index >= 15 is 0 Å². The van der Waals surface area contributed by atoms with Crippen LogP contribution in [-0.4, -0.2) is 49.5 Å². The maximum Gasteiger partial charge on any atom is 0.244 e. The summed E-state index contributed by atoms with van der Waals surface area (Å²) in [6.07, 6.45) is 1.03. The Labute approximate surface area is 212 Å². The van der Waals surface area contributed by atoms with Gasteiger partial charge in [0.05, 0.1) is 11.9 Å². The van der Waals surface area contributed by atoms with Crippen molar-refractivity contribution < 1.29 is 22.4 Å². The van der Waals surface area contributed by atoms with E-state index in [9.17, 15) is 22.4 Å². The fourth-order valence-corrected chi connectivity index (χ4v) is 4.75. The van der Waals surface area contributed by atoms with E-state index in [-0.39, 0.29) is 12.1 Å². The van der Waals surface area contributed by atoms with Crippen molar-refractivity contribution >= 4 is 38.3 Å². The van der Waals surface area contributed by atoms with Gasteiger partial charge >= 0.3 is 0 Å². The summed E-state index contributed by atoms with van der Waals surface area (Å²) in [6, 6.07) is 17.5. The molecule has 0 heterocycles. The lowest BCUT2D eigenvalue weighted by Crippen LogP contribution is -2.54. The molecular formula is C27H32FN3O4S. The summed E-state index contributed by atoms with van der Waals surface area (Å²) < 4.78 is 41.2. The summed E-state index contributed by atoms with van der Waals surface area (Å²) >= 11 is 0. The third kappa shape index (κ3) is 6.60. The molecule has 36 heavy (non-hydrogen) atoms. The Morgan fingerprint density at radius 3 is 2.22 bits per heavy atom. The highest BCUT2D eigenvalue weighted by molar-refractivity contribution is 7.92. The molecule has 2 amide bonds. The van der Waals surface area contributed by atoms with E-state index in [0.717, 1.165) is 15.9 Å². The van der Waals surface area contributed by atoms with E-state index in [2.05, 4.69) is 5.32 Å². The summed E-state index contributed by atoms with van der Waals surface area (Å²) in [5.41, 5.74) is 0.0127. The maximum absolute atomic E-state index is 14.5. The molecule has 0 aliphatic heterocycles. The number of nitrogens with zero attached hydrogens (tertiary/aromatic N) is 2. The molecule has 3 rings (SSSR count). The van der Waals surface area contributed by atoms with Gasteiger partial charge in [-0.15, -0.1) is 0 Å². The second-order valence-electron chi connectivity index (χ2n) is 9.80. The molecule has 0 saturated heterocycles. The minimum atomic E-state index is -3.88. The van der Waals surface area contributed by atoms with Crippen molar-refractivity contribution in [1.29, 1.82) is 0 Å². The number of sulfonamides is 1. The zero-order valence-corrected chi connectivity index (χ0v) is 22.0. The summed E-state index contributed by atoms with van der Waals surface area (Å²) in [5, 5.41) is 4.32. The number of hydrogen-bond donors (Lipinski definition) is 1. The van der Waals surface area contributed by atoms with Gasteiger partial charge < -0.3 is 10.2 Å². The van der Waals surface area contributed by atoms with E-state index in [4.69, 9.17) is 0 Å². The van der Waals surface area contributed by atoms with Crippen molar-refractivity contribution in [3.63, 3.8) is 0 Å². The number of hydrogen-bond acceptors (Lipinski definition) is 4. The predicted molar refractivity (Wildman–Crippen MR) is 140 cm³/mol. The standard InChI is InChI=1S/C27H32FN3O4S/c1-19(26(33)29-27(2,3)4)30(17-21-12-7-9-15-23(21)28)25(32)18-31(36(5,34)35)24-16-10-13-20-11-6-8-14-22(20)24/h6-16,19H,17-18H2,1-5H3,(H,29,33)/t19-/m0/s1. The van der Waals surface area contributed by atoms with Crippen LogP contribution >= 0.6 is 0 Å². The monoisotopic (exact) mass is 513 g/mol. The SMILES string of the molecule is C[C@@H](C(=O)NC(C)(C)C)N(Cc1ccccc1F)C(=O)CN(c1cccc2ccccc12)S(C)(=O)=O. The third-order valence-corrected chi connectivity index (χ3v) is 6.80. The van der Waals surface area contributed by atoms with E-state index in [1.807, 2.05) is 39.0 Å². The molecule has 0 aromatic heterocycles. The lowest BCUT2D eigenvalue weighted by Gasteiger charge is -2.33. The zero-order chi connectivity index (χ0) is 26.7. The first-order chi connectivity index (χ1) is 16.8. The van der Waals surface area contributed by atoms with Gasteiger partial charge in [0.15, 0.2) is 0 Å². The van der Waals surface area contributed by atoms with Gasteiger partial charge in [-0.25, -0.2) is 12.8 Å². The van der Waals surface area contributed by atoms with Crippen LogP contribution in [0.3, 0.4) is 0 Å². The Morgan fingerprint density at radius 2 is 1.58 bits per heavy atom. The largest absolute Gasteiger partial charge is 0.350 e. The quantitative estimate of drug-likeness (QED) is 0.492. The second-order valence-corrected chi connectivity index (χ2v) is 11.7. The topological polar surface area (TPSA) is 86.8 Å². The number of rotatable bonds is 8. The Kier molecular flexibility index (Phi) is 8.03. The average Bonchev–Trinajstić information content (AvgIpc) is 2.79. The van der Waals surface area contributed by atoms with Crippen molar-refractivity contribution in [3.8, 4) is 0 Å². The molecule has 0 saturated carbocycles. The van der Waals surface area contributed by atoms with Crippen molar-refractivity contribution in [1.82, 2.24) is 10.2 Å². The Hall–Kier alpha value is -3.46. The fourth-order valence-electron chi connectivity index (χ4n) is 3.89. The lowest BCUT2D eigenvalue weighted by molar-refractivity contribution is -0.140. The number of carbonyl (C=O) groups excluding carboxylic acids is 2. The molecule has 0 spiro atoms. The average molecular weight is 514 g/mol. The van der Waals surface area contributed by atoms with Gasteiger partial charge in [-0.3, -0.25) is 13.9 Å². The molecule has 9 heteroatoms.